The normalized spacial score (nSPS) is 39.2. The van der Waals surface area contributed by atoms with Gasteiger partial charge in [0.15, 0.2) is 0 Å². The minimum absolute atomic E-state index is 0.521. The van der Waals surface area contributed by atoms with E-state index in [1.165, 1.54) is 32.1 Å². The van der Waals surface area contributed by atoms with Crippen molar-refractivity contribution in [1.29, 1.82) is 0 Å². The summed E-state index contributed by atoms with van der Waals surface area (Å²) in [5.41, 5.74) is 1.05. The van der Waals surface area contributed by atoms with Crippen LogP contribution in [-0.4, -0.2) is 0 Å². The molecule has 2 rings (SSSR count). The molecule has 17 heavy (non-hydrogen) atoms. The zero-order valence-corrected chi connectivity index (χ0v) is 12.8. The highest BCUT2D eigenvalue weighted by molar-refractivity contribution is 4.94. The molecule has 0 amide bonds. The summed E-state index contributed by atoms with van der Waals surface area (Å²) in [6.07, 6.45) is 7.55. The van der Waals surface area contributed by atoms with Crippen LogP contribution in [0, 0.1) is 34.5 Å². The summed E-state index contributed by atoms with van der Waals surface area (Å²) in [5, 5.41) is 0. The molecule has 0 heteroatoms. The zero-order valence-electron chi connectivity index (χ0n) is 12.8. The lowest BCUT2D eigenvalue weighted by atomic mass is 9.67. The van der Waals surface area contributed by atoms with E-state index >= 15 is 0 Å². The lowest BCUT2D eigenvalue weighted by Gasteiger charge is -2.38. The van der Waals surface area contributed by atoms with Gasteiger partial charge in [0, 0.05) is 0 Å². The van der Waals surface area contributed by atoms with Crippen molar-refractivity contribution in [2.24, 2.45) is 34.5 Å². The van der Waals surface area contributed by atoms with E-state index in [9.17, 15) is 0 Å². The summed E-state index contributed by atoms with van der Waals surface area (Å²) in [5.74, 6) is 4.02. The van der Waals surface area contributed by atoms with Crippen LogP contribution in [0.25, 0.3) is 0 Å². The van der Waals surface area contributed by atoms with E-state index in [1.807, 2.05) is 0 Å². The molecule has 100 valence electrons. The van der Waals surface area contributed by atoms with Crippen molar-refractivity contribution >= 4 is 0 Å². The maximum Gasteiger partial charge on any atom is -0.0334 e. The first-order chi connectivity index (χ1) is 7.68. The van der Waals surface area contributed by atoms with Gasteiger partial charge in [0.1, 0.15) is 0 Å². The van der Waals surface area contributed by atoms with Crippen molar-refractivity contribution < 1.29 is 0 Å². The van der Waals surface area contributed by atoms with Gasteiger partial charge in [-0.1, -0.05) is 48.0 Å². The Hall–Kier alpha value is 0. The van der Waals surface area contributed by atoms with Gasteiger partial charge >= 0.3 is 0 Å². The second kappa shape index (κ2) is 4.28. The SMILES string of the molecule is CC(C)(C)C1CCC2CC(C1)C(C(C)(C)C)C2. The predicted octanol–water partition coefficient (Wildman–Crippen LogP) is 5.52. The average molecular weight is 236 g/mol. The molecule has 2 aliphatic carbocycles. The number of fused-ring (bicyclic) bond motifs is 2. The fraction of sp³-hybridized carbons (Fsp3) is 1.00. The van der Waals surface area contributed by atoms with Crippen molar-refractivity contribution in [2.45, 2.75) is 73.6 Å². The van der Waals surface area contributed by atoms with E-state index in [-0.39, 0.29) is 0 Å². The molecule has 2 fully saturated rings. The maximum absolute atomic E-state index is 2.46. The van der Waals surface area contributed by atoms with Crippen LogP contribution in [0.4, 0.5) is 0 Å². The minimum Gasteiger partial charge on any atom is -0.0599 e. The molecule has 2 bridgehead atoms. The molecule has 0 radical (unpaired) electrons. The predicted molar refractivity (Wildman–Crippen MR) is 76.0 cm³/mol. The van der Waals surface area contributed by atoms with Crippen LogP contribution in [0.5, 0.6) is 0 Å². The van der Waals surface area contributed by atoms with Crippen molar-refractivity contribution in [3.05, 3.63) is 0 Å². The van der Waals surface area contributed by atoms with E-state index in [0.29, 0.717) is 10.8 Å². The third-order valence-electron chi connectivity index (χ3n) is 5.64. The van der Waals surface area contributed by atoms with E-state index in [4.69, 9.17) is 0 Å². The molecule has 0 aromatic carbocycles. The third kappa shape index (κ3) is 2.88. The summed E-state index contributed by atoms with van der Waals surface area (Å²) in [6.45, 7) is 14.7. The molecule has 4 unspecified atom stereocenters. The maximum atomic E-state index is 2.46. The Morgan fingerprint density at radius 1 is 0.706 bits per heavy atom. The molecule has 0 nitrogen and oxygen atoms in total. The fourth-order valence-corrected chi connectivity index (χ4v) is 4.50. The van der Waals surface area contributed by atoms with E-state index in [2.05, 4.69) is 41.5 Å². The molecular formula is C17H32. The van der Waals surface area contributed by atoms with Crippen LogP contribution in [0.2, 0.25) is 0 Å². The van der Waals surface area contributed by atoms with Crippen LogP contribution in [0.1, 0.15) is 73.6 Å². The van der Waals surface area contributed by atoms with Gasteiger partial charge in [0.2, 0.25) is 0 Å². The van der Waals surface area contributed by atoms with Crippen molar-refractivity contribution in [3.63, 3.8) is 0 Å². The van der Waals surface area contributed by atoms with Gasteiger partial charge in [-0.05, 0) is 60.2 Å². The lowest BCUT2D eigenvalue weighted by molar-refractivity contribution is 0.114. The largest absolute Gasteiger partial charge is 0.0599 e. The smallest absolute Gasteiger partial charge is 0.0334 e. The zero-order chi connectivity index (χ0) is 12.8. The van der Waals surface area contributed by atoms with Gasteiger partial charge in [-0.25, -0.2) is 0 Å². The topological polar surface area (TPSA) is 0 Å². The second-order valence-electron chi connectivity index (χ2n) is 8.95. The molecule has 2 aliphatic rings. The summed E-state index contributed by atoms with van der Waals surface area (Å²) in [4.78, 5) is 0. The Kier molecular flexibility index (Phi) is 3.38. The highest BCUT2D eigenvalue weighted by Crippen LogP contribution is 2.54. The first-order valence-corrected chi connectivity index (χ1v) is 7.68. The quantitative estimate of drug-likeness (QED) is 0.519. The van der Waals surface area contributed by atoms with Crippen LogP contribution in [0.15, 0.2) is 0 Å². The van der Waals surface area contributed by atoms with E-state index in [0.717, 1.165) is 23.7 Å². The lowest BCUT2D eigenvalue weighted by Crippen LogP contribution is -2.30. The molecule has 0 N–H and O–H groups in total. The Morgan fingerprint density at radius 3 is 1.88 bits per heavy atom. The molecular weight excluding hydrogens is 204 g/mol. The van der Waals surface area contributed by atoms with Gasteiger partial charge in [-0.3, -0.25) is 0 Å². The van der Waals surface area contributed by atoms with Crippen LogP contribution < -0.4 is 0 Å². The number of rotatable bonds is 0. The fourth-order valence-electron chi connectivity index (χ4n) is 4.50. The standard InChI is InChI=1S/C17H32/c1-16(2,3)14-8-7-12-9-13(11-14)15(10-12)17(4,5)6/h12-15H,7-11H2,1-6H3. The van der Waals surface area contributed by atoms with Gasteiger partial charge in [0.25, 0.3) is 0 Å². The van der Waals surface area contributed by atoms with Crippen molar-refractivity contribution in [3.8, 4) is 0 Å². The van der Waals surface area contributed by atoms with Gasteiger partial charge < -0.3 is 0 Å². The molecule has 0 aliphatic heterocycles. The number of hydrogen-bond donors (Lipinski definition) is 0. The first kappa shape index (κ1) is 13.4. The molecule has 0 aromatic rings. The molecule has 0 spiro atoms. The third-order valence-corrected chi connectivity index (χ3v) is 5.64. The average Bonchev–Trinajstić information content (AvgIpc) is 2.36. The minimum atomic E-state index is 0.521. The Labute approximate surface area is 109 Å². The van der Waals surface area contributed by atoms with E-state index in [1.54, 1.807) is 0 Å². The Balaban J connectivity index is 2.12. The molecule has 0 heterocycles. The van der Waals surface area contributed by atoms with E-state index < -0.39 is 0 Å². The summed E-state index contributed by atoms with van der Waals surface area (Å²) in [6, 6.07) is 0. The highest BCUT2D eigenvalue weighted by atomic mass is 14.5. The van der Waals surface area contributed by atoms with Crippen LogP contribution in [-0.2, 0) is 0 Å². The van der Waals surface area contributed by atoms with Crippen molar-refractivity contribution in [2.75, 3.05) is 0 Å². The van der Waals surface area contributed by atoms with Gasteiger partial charge in [0.05, 0.1) is 0 Å². The first-order valence-electron chi connectivity index (χ1n) is 7.68. The molecule has 2 saturated carbocycles. The van der Waals surface area contributed by atoms with Gasteiger partial charge in [-0.2, -0.15) is 0 Å². The molecule has 0 saturated heterocycles. The molecule has 0 aromatic heterocycles. The van der Waals surface area contributed by atoms with Crippen LogP contribution >= 0.6 is 0 Å². The summed E-state index contributed by atoms with van der Waals surface area (Å²) in [7, 11) is 0. The Bertz CT molecular complexity index is 263. The van der Waals surface area contributed by atoms with Crippen molar-refractivity contribution in [1.82, 2.24) is 0 Å². The highest BCUT2D eigenvalue weighted by Gasteiger charge is 2.44. The number of hydrogen-bond acceptors (Lipinski definition) is 0. The monoisotopic (exact) mass is 236 g/mol. The van der Waals surface area contributed by atoms with Crippen LogP contribution in [0.3, 0.4) is 0 Å². The Morgan fingerprint density at radius 2 is 1.35 bits per heavy atom. The van der Waals surface area contributed by atoms with Gasteiger partial charge in [-0.15, -0.1) is 0 Å². The molecule has 4 atom stereocenters. The summed E-state index contributed by atoms with van der Waals surface area (Å²) >= 11 is 0. The second-order valence-corrected chi connectivity index (χ2v) is 8.95. The summed E-state index contributed by atoms with van der Waals surface area (Å²) < 4.78 is 0.